The molecule has 1 saturated carbocycles. The number of hydrogen-bond donors (Lipinski definition) is 1. The van der Waals surface area contributed by atoms with Crippen LogP contribution in [0, 0.1) is 0 Å². The number of rotatable bonds is 7. The van der Waals surface area contributed by atoms with Gasteiger partial charge in [-0.1, -0.05) is 30.3 Å². The molecule has 0 unspecified atom stereocenters. The van der Waals surface area contributed by atoms with Crippen molar-refractivity contribution in [1.29, 1.82) is 0 Å². The molecular formula is C16H21NO4. The minimum atomic E-state index is -1.00. The number of carbonyl (C=O) groups is 2. The monoisotopic (exact) mass is 291 g/mol. The third-order valence-electron chi connectivity index (χ3n) is 4.07. The number of aliphatic carboxylic acids is 1. The molecule has 0 spiro atoms. The number of amides is 1. The minimum absolute atomic E-state index is 0.164. The van der Waals surface area contributed by atoms with Gasteiger partial charge in [-0.05, 0) is 24.8 Å². The summed E-state index contributed by atoms with van der Waals surface area (Å²) in [5.41, 5.74) is 0.539. The highest BCUT2D eigenvalue weighted by molar-refractivity contribution is 5.82. The Kier molecular flexibility index (Phi) is 4.96. The van der Waals surface area contributed by atoms with Crippen LogP contribution < -0.4 is 0 Å². The number of ether oxygens (including phenoxy) is 1. The van der Waals surface area contributed by atoms with Crippen LogP contribution in [0.5, 0.6) is 0 Å². The van der Waals surface area contributed by atoms with Crippen molar-refractivity contribution in [3.63, 3.8) is 0 Å². The molecule has 1 N–H and O–H groups in total. The molecule has 0 bridgehead atoms. The van der Waals surface area contributed by atoms with Crippen LogP contribution in [0.1, 0.15) is 31.2 Å². The zero-order valence-electron chi connectivity index (χ0n) is 12.2. The first kappa shape index (κ1) is 15.5. The number of hydrogen-bond acceptors (Lipinski definition) is 3. The fourth-order valence-electron chi connectivity index (χ4n) is 2.61. The van der Waals surface area contributed by atoms with Crippen molar-refractivity contribution in [3.05, 3.63) is 35.9 Å². The molecule has 21 heavy (non-hydrogen) atoms. The van der Waals surface area contributed by atoms with Crippen LogP contribution in [0.25, 0.3) is 0 Å². The lowest BCUT2D eigenvalue weighted by Crippen LogP contribution is -2.46. The van der Waals surface area contributed by atoms with E-state index in [2.05, 4.69) is 0 Å². The minimum Gasteiger partial charge on any atom is -0.480 e. The van der Waals surface area contributed by atoms with Crippen molar-refractivity contribution in [3.8, 4) is 0 Å². The van der Waals surface area contributed by atoms with E-state index in [9.17, 15) is 9.59 Å². The first-order chi connectivity index (χ1) is 10.0. The Morgan fingerprint density at radius 3 is 2.43 bits per heavy atom. The first-order valence-electron chi connectivity index (χ1n) is 7.13. The van der Waals surface area contributed by atoms with E-state index in [0.29, 0.717) is 6.54 Å². The molecule has 1 aromatic carbocycles. The van der Waals surface area contributed by atoms with Crippen LogP contribution in [-0.2, 0) is 20.9 Å². The summed E-state index contributed by atoms with van der Waals surface area (Å²) < 4.78 is 5.45. The maximum Gasteiger partial charge on any atom is 0.323 e. The second kappa shape index (κ2) is 6.72. The second-order valence-electron chi connectivity index (χ2n) is 5.55. The highest BCUT2D eigenvalue weighted by Crippen LogP contribution is 2.38. The Labute approximate surface area is 124 Å². The number of carboxylic acid groups (broad SMARTS) is 1. The summed E-state index contributed by atoms with van der Waals surface area (Å²) >= 11 is 0. The topological polar surface area (TPSA) is 66.8 Å². The molecule has 1 aromatic rings. The number of methoxy groups -OCH3 is 1. The van der Waals surface area contributed by atoms with E-state index in [1.54, 1.807) is 7.11 Å². The Bertz CT molecular complexity index is 491. The van der Waals surface area contributed by atoms with Gasteiger partial charge in [0.2, 0.25) is 5.91 Å². The van der Waals surface area contributed by atoms with Gasteiger partial charge >= 0.3 is 5.97 Å². The maximum absolute atomic E-state index is 12.4. The zero-order valence-corrected chi connectivity index (χ0v) is 12.2. The summed E-state index contributed by atoms with van der Waals surface area (Å²) in [5, 5.41) is 9.01. The number of carbonyl (C=O) groups excluding carboxylic acids is 1. The molecular weight excluding hydrogens is 270 g/mol. The van der Waals surface area contributed by atoms with Crippen molar-refractivity contribution in [2.75, 3.05) is 13.7 Å². The molecule has 1 fully saturated rings. The molecule has 0 aliphatic heterocycles. The van der Waals surface area contributed by atoms with Crippen LogP contribution >= 0.6 is 0 Å². The number of nitrogens with zero attached hydrogens (tertiary/aromatic N) is 1. The summed E-state index contributed by atoms with van der Waals surface area (Å²) in [5.74, 6) is -1.16. The summed E-state index contributed by atoms with van der Waals surface area (Å²) in [7, 11) is 1.62. The van der Waals surface area contributed by atoms with Crippen molar-refractivity contribution in [1.82, 2.24) is 4.90 Å². The molecule has 1 amide bonds. The average Bonchev–Trinajstić information content (AvgIpc) is 2.42. The van der Waals surface area contributed by atoms with Crippen molar-refractivity contribution in [2.45, 2.75) is 37.8 Å². The highest BCUT2D eigenvalue weighted by Gasteiger charge is 2.40. The van der Waals surface area contributed by atoms with Crippen molar-refractivity contribution >= 4 is 11.9 Å². The molecule has 5 heteroatoms. The van der Waals surface area contributed by atoms with E-state index in [-0.39, 0.29) is 24.5 Å². The van der Waals surface area contributed by atoms with Crippen LogP contribution in [0.3, 0.4) is 0 Å². The molecule has 0 radical (unpaired) electrons. The Morgan fingerprint density at radius 2 is 1.95 bits per heavy atom. The Balaban J connectivity index is 2.04. The standard InChI is InChI=1S/C16H21NO4/c1-21-16(8-5-9-16)10-14(18)17(12-15(19)20)11-13-6-3-2-4-7-13/h2-4,6-7H,5,8-12H2,1H3,(H,19,20). The van der Waals surface area contributed by atoms with Gasteiger partial charge < -0.3 is 14.7 Å². The van der Waals surface area contributed by atoms with Gasteiger partial charge in [0.25, 0.3) is 0 Å². The summed E-state index contributed by atoms with van der Waals surface area (Å²) in [6, 6.07) is 9.42. The van der Waals surface area contributed by atoms with E-state index in [0.717, 1.165) is 24.8 Å². The quantitative estimate of drug-likeness (QED) is 0.835. The SMILES string of the molecule is COC1(CC(=O)N(CC(=O)O)Cc2ccccc2)CCC1. The zero-order chi connectivity index (χ0) is 15.3. The van der Waals surface area contributed by atoms with E-state index in [4.69, 9.17) is 9.84 Å². The molecule has 0 aromatic heterocycles. The van der Waals surface area contributed by atoms with Crippen LogP contribution in [0.15, 0.2) is 30.3 Å². The normalized spacial score (nSPS) is 16.0. The molecule has 1 aliphatic rings. The lowest BCUT2D eigenvalue weighted by Gasteiger charge is -2.41. The van der Waals surface area contributed by atoms with Crippen molar-refractivity contribution < 1.29 is 19.4 Å². The molecule has 1 aliphatic carbocycles. The highest BCUT2D eigenvalue weighted by atomic mass is 16.5. The van der Waals surface area contributed by atoms with Crippen LogP contribution in [0.2, 0.25) is 0 Å². The molecule has 0 atom stereocenters. The summed E-state index contributed by atoms with van der Waals surface area (Å²) in [4.78, 5) is 24.8. The fraction of sp³-hybridized carbons (Fsp3) is 0.500. The first-order valence-corrected chi connectivity index (χ1v) is 7.13. The molecule has 0 saturated heterocycles. The molecule has 114 valence electrons. The maximum atomic E-state index is 12.4. The summed E-state index contributed by atoms with van der Waals surface area (Å²) in [6.45, 7) is 0.0271. The predicted octanol–water partition coefficient (Wildman–Crippen LogP) is 2.06. The van der Waals surface area contributed by atoms with E-state index < -0.39 is 5.97 Å². The van der Waals surface area contributed by atoms with E-state index in [1.807, 2.05) is 30.3 Å². The van der Waals surface area contributed by atoms with Gasteiger partial charge in [-0.25, -0.2) is 0 Å². The van der Waals surface area contributed by atoms with Gasteiger partial charge in [0.1, 0.15) is 6.54 Å². The smallest absolute Gasteiger partial charge is 0.323 e. The molecule has 5 nitrogen and oxygen atoms in total. The van der Waals surface area contributed by atoms with Crippen molar-refractivity contribution in [2.24, 2.45) is 0 Å². The lowest BCUT2D eigenvalue weighted by molar-refractivity contribution is -0.151. The third kappa shape index (κ3) is 4.04. The van der Waals surface area contributed by atoms with E-state index in [1.165, 1.54) is 4.90 Å². The summed E-state index contributed by atoms with van der Waals surface area (Å²) in [6.07, 6.45) is 3.03. The Morgan fingerprint density at radius 1 is 1.29 bits per heavy atom. The van der Waals surface area contributed by atoms with Gasteiger partial charge in [-0.2, -0.15) is 0 Å². The largest absolute Gasteiger partial charge is 0.480 e. The van der Waals surface area contributed by atoms with Gasteiger partial charge in [0.15, 0.2) is 0 Å². The lowest BCUT2D eigenvalue weighted by atomic mass is 9.77. The molecule has 0 heterocycles. The van der Waals surface area contributed by atoms with Crippen LogP contribution in [0.4, 0.5) is 0 Å². The van der Waals surface area contributed by atoms with Gasteiger partial charge in [0, 0.05) is 13.7 Å². The van der Waals surface area contributed by atoms with E-state index >= 15 is 0 Å². The fourth-order valence-corrected chi connectivity index (χ4v) is 2.61. The van der Waals surface area contributed by atoms with Crippen LogP contribution in [-0.4, -0.2) is 41.1 Å². The predicted molar refractivity (Wildman–Crippen MR) is 77.7 cm³/mol. The molecule has 2 rings (SSSR count). The van der Waals surface area contributed by atoms with Gasteiger partial charge in [0.05, 0.1) is 12.0 Å². The Hall–Kier alpha value is -1.88. The van der Waals surface area contributed by atoms with Gasteiger partial charge in [-0.15, -0.1) is 0 Å². The number of carboxylic acids is 1. The third-order valence-corrected chi connectivity index (χ3v) is 4.07. The van der Waals surface area contributed by atoms with Gasteiger partial charge in [-0.3, -0.25) is 9.59 Å². The second-order valence-corrected chi connectivity index (χ2v) is 5.55. The number of benzene rings is 1. The average molecular weight is 291 g/mol.